The molecule has 1 heterocycles. The quantitative estimate of drug-likeness (QED) is 0.888. The van der Waals surface area contributed by atoms with E-state index in [0.29, 0.717) is 12.6 Å². The predicted octanol–water partition coefficient (Wildman–Crippen LogP) is 3.15. The number of nitrogens with one attached hydrogen (secondary N) is 1. The third-order valence-corrected chi connectivity index (χ3v) is 4.29. The van der Waals surface area contributed by atoms with Crippen molar-refractivity contribution in [1.82, 2.24) is 4.98 Å². The van der Waals surface area contributed by atoms with Crippen molar-refractivity contribution in [3.8, 4) is 0 Å². The van der Waals surface area contributed by atoms with E-state index in [4.69, 9.17) is 10.2 Å². The van der Waals surface area contributed by atoms with E-state index in [1.54, 1.807) is 0 Å². The predicted molar refractivity (Wildman–Crippen MR) is 77.0 cm³/mol. The lowest BCUT2D eigenvalue weighted by molar-refractivity contribution is 0.267. The van der Waals surface area contributed by atoms with Crippen LogP contribution in [0.15, 0.2) is 28.7 Å². The first kappa shape index (κ1) is 12.5. The molecule has 2 aromatic rings. The van der Waals surface area contributed by atoms with Crippen molar-refractivity contribution >= 4 is 17.1 Å². The van der Waals surface area contributed by atoms with Crippen LogP contribution in [0.2, 0.25) is 0 Å². The third kappa shape index (κ3) is 2.45. The standard InChI is InChI=1S/C15H21N3O/c1-11-6-8-15(10-16,9-7-11)18-14-17-12-4-2-3-5-13(12)19-14/h2-5,11H,6-10,16H2,1H3,(H,17,18). The fraction of sp³-hybridized carbons (Fsp3) is 0.533. The van der Waals surface area contributed by atoms with E-state index in [1.165, 1.54) is 12.8 Å². The van der Waals surface area contributed by atoms with Gasteiger partial charge < -0.3 is 15.5 Å². The average Bonchev–Trinajstić information content (AvgIpc) is 2.83. The first-order chi connectivity index (χ1) is 9.21. The van der Waals surface area contributed by atoms with E-state index in [9.17, 15) is 0 Å². The van der Waals surface area contributed by atoms with Crippen LogP contribution < -0.4 is 11.1 Å². The summed E-state index contributed by atoms with van der Waals surface area (Å²) < 4.78 is 5.75. The zero-order chi connectivity index (χ0) is 13.3. The Labute approximate surface area is 113 Å². The van der Waals surface area contributed by atoms with E-state index >= 15 is 0 Å². The van der Waals surface area contributed by atoms with Crippen molar-refractivity contribution in [1.29, 1.82) is 0 Å². The summed E-state index contributed by atoms with van der Waals surface area (Å²) in [4.78, 5) is 4.49. The van der Waals surface area contributed by atoms with E-state index in [1.807, 2.05) is 24.3 Å². The van der Waals surface area contributed by atoms with Gasteiger partial charge in [-0.3, -0.25) is 0 Å². The second-order valence-corrected chi connectivity index (χ2v) is 5.78. The summed E-state index contributed by atoms with van der Waals surface area (Å²) in [7, 11) is 0. The number of oxazole rings is 1. The number of aromatic nitrogens is 1. The van der Waals surface area contributed by atoms with E-state index < -0.39 is 0 Å². The molecule has 1 aromatic carbocycles. The molecule has 4 heteroatoms. The van der Waals surface area contributed by atoms with E-state index in [-0.39, 0.29) is 5.54 Å². The molecule has 1 aromatic heterocycles. The Morgan fingerprint density at radius 3 is 2.79 bits per heavy atom. The Balaban J connectivity index is 1.82. The van der Waals surface area contributed by atoms with Gasteiger partial charge in [-0.25, -0.2) is 0 Å². The summed E-state index contributed by atoms with van der Waals surface area (Å²) in [6.07, 6.45) is 4.60. The molecule has 0 radical (unpaired) electrons. The second kappa shape index (κ2) is 4.85. The highest BCUT2D eigenvalue weighted by molar-refractivity contribution is 5.74. The molecule has 0 saturated heterocycles. The third-order valence-electron chi connectivity index (χ3n) is 4.29. The Bertz CT molecular complexity index is 522. The van der Waals surface area contributed by atoms with Crippen molar-refractivity contribution in [2.45, 2.75) is 38.1 Å². The van der Waals surface area contributed by atoms with Crippen LogP contribution in [-0.4, -0.2) is 17.1 Å². The van der Waals surface area contributed by atoms with Gasteiger partial charge in [-0.1, -0.05) is 19.1 Å². The number of para-hydroxylation sites is 2. The van der Waals surface area contributed by atoms with Gasteiger partial charge in [0.2, 0.25) is 0 Å². The monoisotopic (exact) mass is 259 g/mol. The molecule has 19 heavy (non-hydrogen) atoms. The van der Waals surface area contributed by atoms with Crippen LogP contribution >= 0.6 is 0 Å². The van der Waals surface area contributed by atoms with Gasteiger partial charge in [0.1, 0.15) is 5.52 Å². The van der Waals surface area contributed by atoms with Crippen molar-refractivity contribution in [3.05, 3.63) is 24.3 Å². The molecule has 0 aliphatic heterocycles. The zero-order valence-corrected chi connectivity index (χ0v) is 11.4. The normalized spacial score (nSPS) is 27.6. The molecule has 102 valence electrons. The molecule has 1 saturated carbocycles. The second-order valence-electron chi connectivity index (χ2n) is 5.78. The van der Waals surface area contributed by atoms with Crippen LogP contribution in [0.5, 0.6) is 0 Å². The molecule has 1 aliphatic carbocycles. The molecule has 3 N–H and O–H groups in total. The first-order valence-electron chi connectivity index (χ1n) is 7.05. The topological polar surface area (TPSA) is 64.1 Å². The molecule has 4 nitrogen and oxygen atoms in total. The minimum atomic E-state index is -0.0482. The van der Waals surface area contributed by atoms with Crippen LogP contribution in [-0.2, 0) is 0 Å². The number of anilines is 1. The molecule has 0 atom stereocenters. The van der Waals surface area contributed by atoms with Gasteiger partial charge in [0.05, 0.1) is 5.54 Å². The molecular weight excluding hydrogens is 238 g/mol. The van der Waals surface area contributed by atoms with Crippen LogP contribution in [0.1, 0.15) is 32.6 Å². The van der Waals surface area contributed by atoms with Crippen molar-refractivity contribution in [3.63, 3.8) is 0 Å². The number of nitrogens with two attached hydrogens (primary N) is 1. The molecule has 0 spiro atoms. The lowest BCUT2D eigenvalue weighted by Crippen LogP contribution is -2.48. The molecule has 1 fully saturated rings. The summed E-state index contributed by atoms with van der Waals surface area (Å²) in [5.74, 6) is 0.796. The summed E-state index contributed by atoms with van der Waals surface area (Å²) in [6, 6.07) is 8.42. The SMILES string of the molecule is CC1CCC(CN)(Nc2nc3ccccc3o2)CC1. The smallest absolute Gasteiger partial charge is 0.296 e. The van der Waals surface area contributed by atoms with Gasteiger partial charge in [-0.15, -0.1) is 0 Å². The highest BCUT2D eigenvalue weighted by atomic mass is 16.4. The molecule has 0 amide bonds. The maximum absolute atomic E-state index is 5.99. The number of fused-ring (bicyclic) bond motifs is 1. The van der Waals surface area contributed by atoms with Gasteiger partial charge in [-0.2, -0.15) is 4.98 Å². The number of hydrogen-bond donors (Lipinski definition) is 2. The van der Waals surface area contributed by atoms with Crippen LogP contribution in [0.4, 0.5) is 6.01 Å². The highest BCUT2D eigenvalue weighted by Gasteiger charge is 2.34. The Hall–Kier alpha value is -1.55. The number of rotatable bonds is 3. The van der Waals surface area contributed by atoms with Crippen molar-refractivity contribution < 1.29 is 4.42 Å². The van der Waals surface area contributed by atoms with Gasteiger partial charge >= 0.3 is 0 Å². The minimum Gasteiger partial charge on any atom is -0.424 e. The molecular formula is C15H21N3O. The number of benzene rings is 1. The summed E-state index contributed by atoms with van der Waals surface area (Å²) in [5.41, 5.74) is 7.66. The van der Waals surface area contributed by atoms with E-state index in [0.717, 1.165) is 29.9 Å². The Kier molecular flexibility index (Phi) is 3.19. The van der Waals surface area contributed by atoms with Crippen molar-refractivity contribution in [2.24, 2.45) is 11.7 Å². The lowest BCUT2D eigenvalue weighted by atomic mass is 9.77. The fourth-order valence-electron chi connectivity index (χ4n) is 2.85. The fourth-order valence-corrected chi connectivity index (χ4v) is 2.85. The van der Waals surface area contributed by atoms with Gasteiger partial charge in [-0.05, 0) is 43.7 Å². The largest absolute Gasteiger partial charge is 0.424 e. The maximum atomic E-state index is 5.99. The highest BCUT2D eigenvalue weighted by Crippen LogP contribution is 2.34. The summed E-state index contributed by atoms with van der Waals surface area (Å²) in [6.45, 7) is 2.93. The van der Waals surface area contributed by atoms with Gasteiger partial charge in [0.25, 0.3) is 6.01 Å². The van der Waals surface area contributed by atoms with Crippen LogP contribution in [0.25, 0.3) is 11.1 Å². The lowest BCUT2D eigenvalue weighted by Gasteiger charge is -2.38. The summed E-state index contributed by atoms with van der Waals surface area (Å²) in [5, 5.41) is 3.45. The molecule has 1 aliphatic rings. The van der Waals surface area contributed by atoms with Crippen LogP contribution in [0, 0.1) is 5.92 Å². The van der Waals surface area contributed by atoms with Crippen molar-refractivity contribution in [2.75, 3.05) is 11.9 Å². The average molecular weight is 259 g/mol. The van der Waals surface area contributed by atoms with Crippen LogP contribution in [0.3, 0.4) is 0 Å². The van der Waals surface area contributed by atoms with E-state index in [2.05, 4.69) is 17.2 Å². The molecule has 0 bridgehead atoms. The van der Waals surface area contributed by atoms with Gasteiger partial charge in [0.15, 0.2) is 5.58 Å². The number of nitrogens with zero attached hydrogens (tertiary/aromatic N) is 1. The molecule has 0 unspecified atom stereocenters. The first-order valence-corrected chi connectivity index (χ1v) is 7.05. The maximum Gasteiger partial charge on any atom is 0.296 e. The Morgan fingerprint density at radius 1 is 1.37 bits per heavy atom. The number of hydrogen-bond acceptors (Lipinski definition) is 4. The Morgan fingerprint density at radius 2 is 2.11 bits per heavy atom. The minimum absolute atomic E-state index is 0.0482. The van der Waals surface area contributed by atoms with Gasteiger partial charge in [0, 0.05) is 6.54 Å². The summed E-state index contributed by atoms with van der Waals surface area (Å²) >= 11 is 0. The molecule has 3 rings (SSSR count). The zero-order valence-electron chi connectivity index (χ0n) is 11.4.